The number of phenols is 1. The van der Waals surface area contributed by atoms with Crippen molar-refractivity contribution in [3.63, 3.8) is 0 Å². The van der Waals surface area contributed by atoms with E-state index in [1.54, 1.807) is 41.2 Å². The molecule has 1 unspecified atom stereocenters. The van der Waals surface area contributed by atoms with Crippen LogP contribution in [-0.2, 0) is 29.1 Å². The lowest BCUT2D eigenvalue weighted by Gasteiger charge is -2.54. The summed E-state index contributed by atoms with van der Waals surface area (Å²) in [6, 6.07) is 20.7. The smallest absolute Gasteiger partial charge is 0.334 e. The van der Waals surface area contributed by atoms with Gasteiger partial charge in [0.1, 0.15) is 23.8 Å². The van der Waals surface area contributed by atoms with Gasteiger partial charge in [-0.05, 0) is 41.0 Å². The van der Waals surface area contributed by atoms with Crippen molar-refractivity contribution < 1.29 is 23.9 Å². The molecule has 3 aromatic rings. The molecule has 4 amide bonds. The minimum Gasteiger partial charge on any atom is -0.508 e. The van der Waals surface area contributed by atoms with Crippen molar-refractivity contribution in [3.05, 3.63) is 101 Å². The van der Waals surface area contributed by atoms with Crippen LogP contribution in [0.25, 0.3) is 0 Å². The van der Waals surface area contributed by atoms with E-state index >= 15 is 0 Å². The first kappa shape index (κ1) is 28.6. The van der Waals surface area contributed by atoms with Gasteiger partial charge in [0.15, 0.2) is 0 Å². The number of nitrogens with zero attached hydrogens (tertiary/aromatic N) is 4. The largest absolute Gasteiger partial charge is 0.508 e. The van der Waals surface area contributed by atoms with Crippen LogP contribution in [0.5, 0.6) is 5.75 Å². The highest BCUT2D eigenvalue weighted by atomic mass is 19.1. The van der Waals surface area contributed by atoms with Crippen molar-refractivity contribution in [1.82, 2.24) is 25.1 Å². The van der Waals surface area contributed by atoms with Gasteiger partial charge in [-0.2, -0.15) is 0 Å². The Labute approximate surface area is 233 Å². The molecule has 2 aliphatic rings. The molecule has 9 nitrogen and oxygen atoms in total. The molecular formula is C30H34FN5O4. The van der Waals surface area contributed by atoms with Crippen molar-refractivity contribution in [2.75, 3.05) is 20.1 Å². The standard InChI is InChI=1S/C29H30FN5O4.CH4/c1-32-19-27(37)34-25(15-20-9-13-24(36)14-10-20)28(38)33(17-22-7-11-23(30)12-8-22)18-26(34)35(32)29(39)31-16-21-5-3-2-4-6-21;/h2-14,25-26,36H,15-19H2,1H3,(H,31,39);1H4/t25-,26?;/m0./s1. The van der Waals surface area contributed by atoms with Crippen molar-refractivity contribution in [2.24, 2.45) is 0 Å². The molecule has 0 radical (unpaired) electrons. The maximum Gasteiger partial charge on any atom is 0.334 e. The van der Waals surface area contributed by atoms with Crippen LogP contribution in [0.15, 0.2) is 78.9 Å². The summed E-state index contributed by atoms with van der Waals surface area (Å²) in [6.45, 7) is 0.538. The van der Waals surface area contributed by atoms with E-state index in [-0.39, 0.29) is 62.9 Å². The summed E-state index contributed by atoms with van der Waals surface area (Å²) in [5.74, 6) is -0.790. The number of carbonyl (C=O) groups is 3. The summed E-state index contributed by atoms with van der Waals surface area (Å²) in [4.78, 5) is 43.8. The Morgan fingerprint density at radius 3 is 2.27 bits per heavy atom. The predicted octanol–water partition coefficient (Wildman–Crippen LogP) is 3.35. The van der Waals surface area contributed by atoms with Gasteiger partial charge in [-0.25, -0.2) is 19.2 Å². The van der Waals surface area contributed by atoms with Gasteiger partial charge in [0.25, 0.3) is 0 Å². The van der Waals surface area contributed by atoms with Crippen LogP contribution in [0, 0.1) is 5.82 Å². The Hall–Kier alpha value is -4.44. The van der Waals surface area contributed by atoms with Crippen LogP contribution in [0.1, 0.15) is 24.1 Å². The number of likely N-dealkylation sites (N-methyl/N-ethyl adjacent to an activating group) is 1. The Kier molecular flexibility index (Phi) is 8.69. The first-order valence-electron chi connectivity index (χ1n) is 12.7. The number of urea groups is 1. The Morgan fingerprint density at radius 1 is 0.950 bits per heavy atom. The number of fused-ring (bicyclic) bond motifs is 1. The molecule has 2 N–H and O–H groups in total. The summed E-state index contributed by atoms with van der Waals surface area (Å²) in [7, 11) is 1.67. The number of amides is 4. The van der Waals surface area contributed by atoms with Crippen molar-refractivity contribution in [1.29, 1.82) is 0 Å². The molecule has 3 aromatic carbocycles. The van der Waals surface area contributed by atoms with Gasteiger partial charge in [0, 0.05) is 26.6 Å². The average Bonchev–Trinajstić information content (AvgIpc) is 2.92. The minimum atomic E-state index is -0.862. The zero-order chi connectivity index (χ0) is 27.5. The van der Waals surface area contributed by atoms with Gasteiger partial charge >= 0.3 is 6.03 Å². The molecule has 40 heavy (non-hydrogen) atoms. The number of hydrogen-bond acceptors (Lipinski definition) is 5. The Morgan fingerprint density at radius 2 is 1.60 bits per heavy atom. The molecule has 0 spiro atoms. The number of halogens is 1. The maximum atomic E-state index is 13.8. The summed E-state index contributed by atoms with van der Waals surface area (Å²) in [5.41, 5.74) is 2.43. The first-order chi connectivity index (χ1) is 18.8. The molecule has 2 aliphatic heterocycles. The van der Waals surface area contributed by atoms with Crippen LogP contribution in [0.3, 0.4) is 0 Å². The SMILES string of the molecule is C.CN1CC(=O)N2C(CN(Cc3ccc(F)cc3)C(=O)[C@@H]2Cc2ccc(O)cc2)N1C(=O)NCc1ccccc1. The lowest BCUT2D eigenvalue weighted by molar-refractivity contribution is -0.187. The van der Waals surface area contributed by atoms with Crippen LogP contribution in [-0.4, -0.2) is 75.1 Å². The molecular weight excluding hydrogens is 513 g/mol. The maximum absolute atomic E-state index is 13.8. The molecule has 2 atom stereocenters. The van der Waals surface area contributed by atoms with Crippen molar-refractivity contribution >= 4 is 17.8 Å². The van der Waals surface area contributed by atoms with Gasteiger partial charge in [-0.1, -0.05) is 62.0 Å². The fraction of sp³-hybridized carbons (Fsp3) is 0.300. The number of benzene rings is 3. The van der Waals surface area contributed by atoms with Gasteiger partial charge < -0.3 is 20.2 Å². The fourth-order valence-corrected chi connectivity index (χ4v) is 5.17. The summed E-state index contributed by atoms with van der Waals surface area (Å²) >= 11 is 0. The highest BCUT2D eigenvalue weighted by Gasteiger charge is 2.50. The predicted molar refractivity (Wildman–Crippen MR) is 148 cm³/mol. The lowest BCUT2D eigenvalue weighted by Crippen LogP contribution is -2.76. The molecule has 2 fully saturated rings. The second-order valence-electron chi connectivity index (χ2n) is 9.82. The monoisotopic (exact) mass is 547 g/mol. The fourth-order valence-electron chi connectivity index (χ4n) is 5.17. The van der Waals surface area contributed by atoms with E-state index in [1.165, 1.54) is 34.2 Å². The van der Waals surface area contributed by atoms with Gasteiger partial charge in [-0.15, -0.1) is 0 Å². The quantitative estimate of drug-likeness (QED) is 0.494. The second kappa shape index (κ2) is 12.2. The van der Waals surface area contributed by atoms with E-state index in [0.29, 0.717) is 6.54 Å². The molecule has 2 saturated heterocycles. The van der Waals surface area contributed by atoms with Crippen LogP contribution in [0.2, 0.25) is 0 Å². The number of carbonyl (C=O) groups excluding carboxylic acids is 3. The number of rotatable bonds is 6. The highest BCUT2D eigenvalue weighted by Crippen LogP contribution is 2.29. The summed E-state index contributed by atoms with van der Waals surface area (Å²) < 4.78 is 13.5. The Balaban J connectivity index is 0.00000370. The number of aromatic hydroxyl groups is 1. The number of phenolic OH excluding ortho intramolecular Hbond substituents is 1. The van der Waals surface area contributed by atoms with Crippen molar-refractivity contribution in [2.45, 2.75) is 39.1 Å². The lowest BCUT2D eigenvalue weighted by atomic mass is 9.98. The topological polar surface area (TPSA) is 96.4 Å². The molecule has 0 bridgehead atoms. The molecule has 0 aromatic heterocycles. The number of hydrazine groups is 1. The molecule has 210 valence electrons. The third-order valence-electron chi connectivity index (χ3n) is 7.09. The molecule has 2 heterocycles. The van der Waals surface area contributed by atoms with E-state index in [2.05, 4.69) is 5.32 Å². The summed E-state index contributed by atoms with van der Waals surface area (Å²) in [6.07, 6.45) is -0.530. The normalized spacial score (nSPS) is 19.2. The van der Waals surface area contributed by atoms with Crippen LogP contribution >= 0.6 is 0 Å². The number of nitrogens with one attached hydrogen (secondary N) is 1. The van der Waals surface area contributed by atoms with E-state index < -0.39 is 12.2 Å². The molecule has 5 rings (SSSR count). The van der Waals surface area contributed by atoms with E-state index in [4.69, 9.17) is 0 Å². The average molecular weight is 548 g/mol. The molecule has 0 aliphatic carbocycles. The highest BCUT2D eigenvalue weighted by molar-refractivity contribution is 5.91. The summed E-state index contributed by atoms with van der Waals surface area (Å²) in [5, 5.41) is 15.7. The van der Waals surface area contributed by atoms with E-state index in [0.717, 1.165) is 16.7 Å². The van der Waals surface area contributed by atoms with Crippen LogP contribution in [0.4, 0.5) is 9.18 Å². The third kappa shape index (κ3) is 6.07. The number of piperazine rings is 1. The van der Waals surface area contributed by atoms with E-state index in [9.17, 15) is 23.9 Å². The minimum absolute atomic E-state index is 0. The molecule has 10 heteroatoms. The Bertz CT molecular complexity index is 1340. The third-order valence-corrected chi connectivity index (χ3v) is 7.09. The van der Waals surface area contributed by atoms with Gasteiger partial charge in [-0.3, -0.25) is 9.59 Å². The van der Waals surface area contributed by atoms with Gasteiger partial charge in [0.2, 0.25) is 11.8 Å². The zero-order valence-corrected chi connectivity index (χ0v) is 21.5. The van der Waals surface area contributed by atoms with E-state index in [1.807, 2.05) is 30.3 Å². The zero-order valence-electron chi connectivity index (χ0n) is 21.5. The number of hydrogen-bond donors (Lipinski definition) is 2. The first-order valence-corrected chi connectivity index (χ1v) is 12.7. The van der Waals surface area contributed by atoms with Gasteiger partial charge in [0.05, 0.1) is 13.1 Å². The van der Waals surface area contributed by atoms with Crippen LogP contribution < -0.4 is 5.32 Å². The second-order valence-corrected chi connectivity index (χ2v) is 9.82. The molecule has 0 saturated carbocycles. The van der Waals surface area contributed by atoms with Crippen molar-refractivity contribution in [3.8, 4) is 5.75 Å².